The van der Waals surface area contributed by atoms with E-state index >= 15 is 0 Å². The van der Waals surface area contributed by atoms with Gasteiger partial charge >= 0.3 is 5.97 Å². The zero-order valence-electron chi connectivity index (χ0n) is 10.3. The number of hydrogen-bond acceptors (Lipinski definition) is 3. The van der Waals surface area contributed by atoms with Gasteiger partial charge in [-0.3, -0.25) is 0 Å². The fourth-order valence-electron chi connectivity index (χ4n) is 1.57. The van der Waals surface area contributed by atoms with E-state index in [0.29, 0.717) is 11.5 Å². The van der Waals surface area contributed by atoms with Crippen LogP contribution in [-0.2, 0) is 6.54 Å². The number of nitrogens with one attached hydrogen (secondary N) is 1. The van der Waals surface area contributed by atoms with Crippen LogP contribution in [0.4, 0.5) is 0 Å². The summed E-state index contributed by atoms with van der Waals surface area (Å²) in [6, 6.07) is 7.00. The van der Waals surface area contributed by atoms with Crippen molar-refractivity contribution in [3.63, 3.8) is 0 Å². The van der Waals surface area contributed by atoms with Crippen molar-refractivity contribution < 1.29 is 9.90 Å². The van der Waals surface area contributed by atoms with E-state index in [0.717, 1.165) is 24.4 Å². The minimum absolute atomic E-state index is 0.338. The van der Waals surface area contributed by atoms with Crippen LogP contribution >= 0.6 is 11.8 Å². The van der Waals surface area contributed by atoms with Crippen LogP contribution in [0.5, 0.6) is 0 Å². The molecule has 0 aliphatic carbocycles. The molecule has 0 heterocycles. The van der Waals surface area contributed by atoms with Gasteiger partial charge in [0, 0.05) is 6.54 Å². The van der Waals surface area contributed by atoms with E-state index in [1.165, 1.54) is 0 Å². The number of aromatic carboxylic acids is 1. The molecule has 0 spiro atoms. The van der Waals surface area contributed by atoms with Gasteiger partial charge in [-0.1, -0.05) is 19.1 Å². The number of carboxylic acid groups (broad SMARTS) is 1. The number of hydrogen-bond donors (Lipinski definition) is 2. The molecule has 0 aliphatic heterocycles. The predicted octanol–water partition coefficient (Wildman–Crippen LogP) is 2.47. The zero-order valence-corrected chi connectivity index (χ0v) is 11.1. The normalized spacial score (nSPS) is 12.4. The number of benzene rings is 1. The quantitative estimate of drug-likeness (QED) is 0.784. The summed E-state index contributed by atoms with van der Waals surface area (Å²) in [5.41, 5.74) is 1.45. The first-order chi connectivity index (χ1) is 8.13. The van der Waals surface area contributed by atoms with Crippen molar-refractivity contribution in [2.24, 2.45) is 5.92 Å². The SMILES string of the molecule is CSCC(C)CNCc1ccc(C(=O)O)cc1. The Morgan fingerprint density at radius 3 is 2.59 bits per heavy atom. The largest absolute Gasteiger partial charge is 0.478 e. The van der Waals surface area contributed by atoms with Crippen molar-refractivity contribution in [2.75, 3.05) is 18.6 Å². The lowest BCUT2D eigenvalue weighted by molar-refractivity contribution is 0.0697. The summed E-state index contributed by atoms with van der Waals surface area (Å²) in [4.78, 5) is 10.7. The summed E-state index contributed by atoms with van der Waals surface area (Å²) >= 11 is 1.86. The summed E-state index contributed by atoms with van der Waals surface area (Å²) < 4.78 is 0. The average molecular weight is 253 g/mol. The molecule has 1 rings (SSSR count). The highest BCUT2D eigenvalue weighted by molar-refractivity contribution is 7.98. The molecule has 0 fully saturated rings. The standard InChI is InChI=1S/C13H19NO2S/c1-10(9-17-2)7-14-8-11-3-5-12(6-4-11)13(15)16/h3-6,10,14H,7-9H2,1-2H3,(H,15,16). The van der Waals surface area contributed by atoms with Gasteiger partial charge < -0.3 is 10.4 Å². The number of carboxylic acids is 1. The molecule has 4 heteroatoms. The lowest BCUT2D eigenvalue weighted by Gasteiger charge is -2.11. The summed E-state index contributed by atoms with van der Waals surface area (Å²) in [6.07, 6.45) is 2.11. The average Bonchev–Trinajstić information content (AvgIpc) is 2.30. The molecule has 1 unspecified atom stereocenters. The lowest BCUT2D eigenvalue weighted by Crippen LogP contribution is -2.22. The van der Waals surface area contributed by atoms with Crippen LogP contribution in [0.25, 0.3) is 0 Å². The molecule has 0 amide bonds. The van der Waals surface area contributed by atoms with Crippen LogP contribution in [0.2, 0.25) is 0 Å². The minimum atomic E-state index is -0.877. The van der Waals surface area contributed by atoms with Gasteiger partial charge in [-0.2, -0.15) is 11.8 Å². The molecule has 1 aromatic rings. The summed E-state index contributed by atoms with van der Waals surface area (Å²) in [6.45, 7) is 4.00. The second-order valence-corrected chi connectivity index (χ2v) is 5.10. The minimum Gasteiger partial charge on any atom is -0.478 e. The van der Waals surface area contributed by atoms with Crippen LogP contribution in [0.15, 0.2) is 24.3 Å². The molecule has 0 aliphatic rings. The van der Waals surface area contributed by atoms with Crippen LogP contribution in [0.3, 0.4) is 0 Å². The Labute approximate surface area is 107 Å². The Kier molecular flexibility index (Phi) is 6.08. The molecule has 2 N–H and O–H groups in total. The van der Waals surface area contributed by atoms with E-state index in [4.69, 9.17) is 5.11 Å². The van der Waals surface area contributed by atoms with Crippen LogP contribution in [-0.4, -0.2) is 29.6 Å². The van der Waals surface area contributed by atoms with Gasteiger partial charge in [0.1, 0.15) is 0 Å². The van der Waals surface area contributed by atoms with Gasteiger partial charge in [-0.05, 0) is 42.2 Å². The third kappa shape index (κ3) is 5.24. The van der Waals surface area contributed by atoms with Gasteiger partial charge in [0.05, 0.1) is 5.56 Å². The Hall–Kier alpha value is -1.00. The molecular weight excluding hydrogens is 234 g/mol. The zero-order chi connectivity index (χ0) is 12.7. The van der Waals surface area contributed by atoms with Crippen LogP contribution in [0.1, 0.15) is 22.8 Å². The van der Waals surface area contributed by atoms with E-state index < -0.39 is 5.97 Å². The van der Waals surface area contributed by atoms with Crippen molar-refractivity contribution in [2.45, 2.75) is 13.5 Å². The highest BCUT2D eigenvalue weighted by Crippen LogP contribution is 2.06. The summed E-state index contributed by atoms with van der Waals surface area (Å²) in [5.74, 6) is 0.937. The second kappa shape index (κ2) is 7.35. The molecule has 0 saturated carbocycles. The van der Waals surface area contributed by atoms with Crippen LogP contribution < -0.4 is 5.32 Å². The molecule has 0 saturated heterocycles. The summed E-state index contributed by atoms with van der Waals surface area (Å²) in [5, 5.41) is 12.1. The smallest absolute Gasteiger partial charge is 0.335 e. The van der Waals surface area contributed by atoms with Crippen molar-refractivity contribution in [3.8, 4) is 0 Å². The van der Waals surface area contributed by atoms with Gasteiger partial charge in [0.2, 0.25) is 0 Å². The molecular formula is C13H19NO2S. The molecule has 0 radical (unpaired) electrons. The topological polar surface area (TPSA) is 49.3 Å². The molecule has 1 aromatic carbocycles. The van der Waals surface area contributed by atoms with E-state index in [9.17, 15) is 4.79 Å². The monoisotopic (exact) mass is 253 g/mol. The fraction of sp³-hybridized carbons (Fsp3) is 0.462. The van der Waals surface area contributed by atoms with E-state index in [-0.39, 0.29) is 0 Å². The van der Waals surface area contributed by atoms with Crippen molar-refractivity contribution >= 4 is 17.7 Å². The Balaban J connectivity index is 2.34. The van der Waals surface area contributed by atoms with Crippen LogP contribution in [0, 0.1) is 5.92 Å². The molecule has 17 heavy (non-hydrogen) atoms. The Morgan fingerprint density at radius 1 is 1.41 bits per heavy atom. The maximum absolute atomic E-state index is 10.7. The Morgan fingerprint density at radius 2 is 2.06 bits per heavy atom. The van der Waals surface area contributed by atoms with Gasteiger partial charge in [-0.15, -0.1) is 0 Å². The third-order valence-electron chi connectivity index (χ3n) is 2.47. The highest BCUT2D eigenvalue weighted by atomic mass is 32.2. The van der Waals surface area contributed by atoms with E-state index in [1.54, 1.807) is 12.1 Å². The van der Waals surface area contributed by atoms with Gasteiger partial charge in [0.25, 0.3) is 0 Å². The third-order valence-corrected chi connectivity index (χ3v) is 3.38. The molecule has 3 nitrogen and oxygen atoms in total. The first-order valence-corrected chi connectivity index (χ1v) is 7.04. The van der Waals surface area contributed by atoms with E-state index in [1.807, 2.05) is 23.9 Å². The lowest BCUT2D eigenvalue weighted by atomic mass is 10.1. The fourth-order valence-corrected chi connectivity index (χ4v) is 2.26. The first kappa shape index (κ1) is 14.1. The van der Waals surface area contributed by atoms with Crippen molar-refractivity contribution in [1.82, 2.24) is 5.32 Å². The molecule has 0 bridgehead atoms. The number of rotatable bonds is 7. The van der Waals surface area contributed by atoms with Gasteiger partial charge in [-0.25, -0.2) is 4.79 Å². The Bertz CT molecular complexity index is 351. The predicted molar refractivity (Wildman–Crippen MR) is 72.7 cm³/mol. The summed E-state index contributed by atoms with van der Waals surface area (Å²) in [7, 11) is 0. The maximum atomic E-state index is 10.7. The molecule has 0 aromatic heterocycles. The molecule has 94 valence electrons. The second-order valence-electron chi connectivity index (χ2n) is 4.19. The highest BCUT2D eigenvalue weighted by Gasteiger charge is 2.02. The first-order valence-electron chi connectivity index (χ1n) is 5.65. The van der Waals surface area contributed by atoms with Gasteiger partial charge in [0.15, 0.2) is 0 Å². The number of thioether (sulfide) groups is 1. The van der Waals surface area contributed by atoms with Crippen molar-refractivity contribution in [3.05, 3.63) is 35.4 Å². The molecule has 1 atom stereocenters. The maximum Gasteiger partial charge on any atom is 0.335 e. The number of carbonyl (C=O) groups is 1. The van der Waals surface area contributed by atoms with E-state index in [2.05, 4.69) is 18.5 Å². The van der Waals surface area contributed by atoms with Crippen molar-refractivity contribution in [1.29, 1.82) is 0 Å².